The average molecular weight is 233 g/mol. The van der Waals surface area contributed by atoms with E-state index >= 15 is 0 Å². The SMILES string of the molecule is NNCCc1ccccc1.O=S(=O)([O-])O. The van der Waals surface area contributed by atoms with Gasteiger partial charge in [0, 0.05) is 6.54 Å². The van der Waals surface area contributed by atoms with Gasteiger partial charge in [-0.25, -0.2) is 8.42 Å². The molecular weight excluding hydrogens is 220 g/mol. The molecule has 0 radical (unpaired) electrons. The average Bonchev–Trinajstić information content (AvgIpc) is 2.14. The Bertz CT molecular complexity index is 344. The zero-order chi connectivity index (χ0) is 11.7. The summed E-state index contributed by atoms with van der Waals surface area (Å²) in [5.41, 5.74) is 3.94. The van der Waals surface area contributed by atoms with Crippen molar-refractivity contribution in [1.82, 2.24) is 5.43 Å². The van der Waals surface area contributed by atoms with Gasteiger partial charge in [-0.3, -0.25) is 15.8 Å². The van der Waals surface area contributed by atoms with Crippen molar-refractivity contribution < 1.29 is 17.5 Å². The molecule has 86 valence electrons. The summed E-state index contributed by atoms with van der Waals surface area (Å²) in [7, 11) is -4.92. The molecule has 0 bridgehead atoms. The number of hydrogen-bond donors (Lipinski definition) is 3. The second-order valence-electron chi connectivity index (χ2n) is 2.62. The number of benzene rings is 1. The molecule has 7 heteroatoms. The summed E-state index contributed by atoms with van der Waals surface area (Å²) in [6, 6.07) is 10.3. The zero-order valence-corrected chi connectivity index (χ0v) is 8.78. The smallest absolute Gasteiger partial charge is 0.215 e. The van der Waals surface area contributed by atoms with Crippen molar-refractivity contribution in [2.24, 2.45) is 5.84 Å². The maximum atomic E-state index is 8.63. The Morgan fingerprint density at radius 2 is 1.80 bits per heavy atom. The molecule has 0 aromatic heterocycles. The van der Waals surface area contributed by atoms with E-state index in [4.69, 9.17) is 23.4 Å². The second-order valence-corrected chi connectivity index (χ2v) is 3.47. The molecule has 0 aliphatic heterocycles. The van der Waals surface area contributed by atoms with Crippen molar-refractivity contribution in [2.75, 3.05) is 6.54 Å². The first-order valence-corrected chi connectivity index (χ1v) is 5.45. The first-order chi connectivity index (χ1) is 6.93. The topological polar surface area (TPSA) is 115 Å². The van der Waals surface area contributed by atoms with Crippen LogP contribution in [0.4, 0.5) is 0 Å². The van der Waals surface area contributed by atoms with E-state index < -0.39 is 10.4 Å². The largest absolute Gasteiger partial charge is 0.726 e. The fraction of sp³-hybridized carbons (Fsp3) is 0.250. The minimum absolute atomic E-state index is 0.837. The van der Waals surface area contributed by atoms with E-state index in [9.17, 15) is 0 Å². The number of nitrogens with two attached hydrogens (primary N) is 1. The van der Waals surface area contributed by atoms with Crippen molar-refractivity contribution in [3.8, 4) is 0 Å². The summed E-state index contributed by atoms with van der Waals surface area (Å²) < 4.78 is 32.8. The molecule has 1 rings (SSSR count). The Morgan fingerprint density at radius 1 is 1.33 bits per heavy atom. The molecule has 15 heavy (non-hydrogen) atoms. The number of hydrogen-bond acceptors (Lipinski definition) is 5. The number of hydrazine groups is 1. The highest BCUT2D eigenvalue weighted by molar-refractivity contribution is 7.79. The Labute approximate surface area is 88.7 Å². The van der Waals surface area contributed by atoms with Crippen molar-refractivity contribution in [3.63, 3.8) is 0 Å². The predicted molar refractivity (Wildman–Crippen MR) is 54.7 cm³/mol. The van der Waals surface area contributed by atoms with Gasteiger partial charge in [-0.05, 0) is 12.0 Å². The highest BCUT2D eigenvalue weighted by Crippen LogP contribution is 1.97. The van der Waals surface area contributed by atoms with Crippen LogP contribution in [0, 0.1) is 0 Å². The lowest BCUT2D eigenvalue weighted by atomic mass is 10.2. The van der Waals surface area contributed by atoms with Gasteiger partial charge in [0.25, 0.3) is 0 Å². The van der Waals surface area contributed by atoms with Crippen molar-refractivity contribution in [1.29, 1.82) is 0 Å². The second kappa shape index (κ2) is 7.32. The van der Waals surface area contributed by atoms with E-state index in [0.29, 0.717) is 0 Å². The van der Waals surface area contributed by atoms with Crippen molar-refractivity contribution >= 4 is 10.4 Å². The molecule has 0 saturated heterocycles. The van der Waals surface area contributed by atoms with E-state index in [2.05, 4.69) is 17.6 Å². The lowest BCUT2D eigenvalue weighted by molar-refractivity contribution is 0.366. The van der Waals surface area contributed by atoms with E-state index in [-0.39, 0.29) is 0 Å². The van der Waals surface area contributed by atoms with Crippen LogP contribution in [-0.4, -0.2) is 24.1 Å². The Morgan fingerprint density at radius 3 is 2.20 bits per heavy atom. The van der Waals surface area contributed by atoms with Crippen LogP contribution in [-0.2, 0) is 16.8 Å². The number of nitrogens with one attached hydrogen (secondary N) is 1. The lowest BCUT2D eigenvalue weighted by Gasteiger charge is -1.97. The van der Waals surface area contributed by atoms with E-state index in [1.807, 2.05) is 18.2 Å². The van der Waals surface area contributed by atoms with Gasteiger partial charge in [-0.2, -0.15) is 0 Å². The Hall–Kier alpha value is -0.990. The first kappa shape index (κ1) is 14.0. The van der Waals surface area contributed by atoms with Gasteiger partial charge in [-0.15, -0.1) is 0 Å². The molecule has 0 atom stereocenters. The summed E-state index contributed by atoms with van der Waals surface area (Å²) >= 11 is 0. The Kier molecular flexibility index (Phi) is 6.84. The highest BCUT2D eigenvalue weighted by Gasteiger charge is 1.87. The van der Waals surface area contributed by atoms with Gasteiger partial charge in [0.2, 0.25) is 10.4 Å². The predicted octanol–water partition coefficient (Wildman–Crippen LogP) is -0.303. The van der Waals surface area contributed by atoms with Gasteiger partial charge >= 0.3 is 0 Å². The monoisotopic (exact) mass is 233 g/mol. The fourth-order valence-electron chi connectivity index (χ4n) is 0.861. The highest BCUT2D eigenvalue weighted by atomic mass is 32.3. The summed E-state index contributed by atoms with van der Waals surface area (Å²) in [5, 5.41) is 0. The van der Waals surface area contributed by atoms with Crippen LogP contribution < -0.4 is 11.3 Å². The third-order valence-corrected chi connectivity index (χ3v) is 1.40. The summed E-state index contributed by atoms with van der Waals surface area (Å²) in [6.07, 6.45) is 0.997. The maximum absolute atomic E-state index is 8.63. The molecule has 0 spiro atoms. The molecule has 0 aliphatic rings. The number of rotatable bonds is 3. The van der Waals surface area contributed by atoms with Gasteiger partial charge < -0.3 is 4.55 Å². The van der Waals surface area contributed by atoms with Crippen LogP contribution in [0.15, 0.2) is 30.3 Å². The van der Waals surface area contributed by atoms with Crippen LogP contribution in [0.2, 0.25) is 0 Å². The molecule has 6 nitrogen and oxygen atoms in total. The van der Waals surface area contributed by atoms with Gasteiger partial charge in [0.05, 0.1) is 0 Å². The molecule has 1 aromatic carbocycles. The summed E-state index contributed by atoms with van der Waals surface area (Å²) in [4.78, 5) is 0. The van der Waals surface area contributed by atoms with Gasteiger partial charge in [0.1, 0.15) is 0 Å². The molecule has 0 amide bonds. The zero-order valence-electron chi connectivity index (χ0n) is 7.96. The molecule has 0 fully saturated rings. The van der Waals surface area contributed by atoms with E-state index in [0.717, 1.165) is 13.0 Å². The molecule has 0 unspecified atom stereocenters. The third-order valence-electron chi connectivity index (χ3n) is 1.40. The molecule has 1 aromatic rings. The quantitative estimate of drug-likeness (QED) is 0.285. The lowest BCUT2D eigenvalue weighted by Crippen LogP contribution is -2.24. The van der Waals surface area contributed by atoms with Crippen LogP contribution in [0.5, 0.6) is 0 Å². The Balaban J connectivity index is 0.000000336. The van der Waals surface area contributed by atoms with Crippen LogP contribution in [0.25, 0.3) is 0 Å². The maximum Gasteiger partial charge on any atom is 0.215 e. The molecule has 0 aliphatic carbocycles. The molecular formula is C8H13N2O4S-. The van der Waals surface area contributed by atoms with Crippen LogP contribution in [0.1, 0.15) is 5.56 Å². The van der Waals surface area contributed by atoms with Crippen molar-refractivity contribution in [3.05, 3.63) is 35.9 Å². The fourth-order valence-corrected chi connectivity index (χ4v) is 0.861. The standard InChI is InChI=1S/C8H12N2.H2O4S/c9-10-7-6-8-4-2-1-3-5-8;1-5(2,3)4/h1-5,10H,6-7,9H2;(H2,1,2,3,4)/p-1. The normalized spacial score (nSPS) is 10.3. The van der Waals surface area contributed by atoms with Crippen LogP contribution >= 0.6 is 0 Å². The molecule has 4 N–H and O–H groups in total. The molecule has 0 heterocycles. The minimum Gasteiger partial charge on any atom is -0.726 e. The van der Waals surface area contributed by atoms with Gasteiger partial charge in [-0.1, -0.05) is 30.3 Å². The van der Waals surface area contributed by atoms with E-state index in [1.165, 1.54) is 5.56 Å². The first-order valence-electron chi connectivity index (χ1n) is 4.09. The summed E-state index contributed by atoms with van der Waals surface area (Å²) in [5.74, 6) is 5.13. The molecule has 0 saturated carbocycles. The minimum atomic E-state index is -4.92. The third kappa shape index (κ3) is 13.0. The van der Waals surface area contributed by atoms with E-state index in [1.54, 1.807) is 0 Å². The summed E-state index contributed by atoms with van der Waals surface area (Å²) in [6.45, 7) is 0.837. The van der Waals surface area contributed by atoms with Crippen molar-refractivity contribution in [2.45, 2.75) is 6.42 Å². The van der Waals surface area contributed by atoms with Crippen LogP contribution in [0.3, 0.4) is 0 Å². The van der Waals surface area contributed by atoms with Gasteiger partial charge in [0.15, 0.2) is 0 Å².